The molecule has 1 aromatic carbocycles. The normalized spacial score (nSPS) is 10.4. The van der Waals surface area contributed by atoms with Gasteiger partial charge in [0.1, 0.15) is 10.6 Å². The topological polar surface area (TPSA) is 68.5 Å². The first kappa shape index (κ1) is 12.4. The number of carbonyl (C=O) groups is 1. The molecule has 1 heterocycles. The van der Waals surface area contributed by atoms with Crippen LogP contribution in [0.25, 0.3) is 11.0 Å². The Morgan fingerprint density at radius 2 is 2.17 bits per heavy atom. The Hall–Kier alpha value is -2.01. The lowest BCUT2D eigenvalue weighted by Gasteiger charge is -2.06. The van der Waals surface area contributed by atoms with E-state index in [1.165, 1.54) is 13.2 Å². The highest BCUT2D eigenvalue weighted by atomic mass is 35.5. The van der Waals surface area contributed by atoms with E-state index in [0.29, 0.717) is 16.8 Å². The average molecular weight is 268 g/mol. The summed E-state index contributed by atoms with van der Waals surface area (Å²) < 4.78 is 9.52. The Labute approximate surface area is 107 Å². The second kappa shape index (κ2) is 4.70. The van der Waals surface area contributed by atoms with E-state index in [1.807, 2.05) is 0 Å². The van der Waals surface area contributed by atoms with Crippen molar-refractivity contribution in [3.8, 4) is 0 Å². The third-order valence-electron chi connectivity index (χ3n) is 2.53. The van der Waals surface area contributed by atoms with Crippen LogP contribution in [0.3, 0.4) is 0 Å². The highest BCUT2D eigenvalue weighted by molar-refractivity contribution is 6.31. The molecular weight excluding hydrogens is 258 g/mol. The van der Waals surface area contributed by atoms with Crippen molar-refractivity contribution in [1.29, 1.82) is 0 Å². The largest absolute Gasteiger partial charge is 0.453 e. The summed E-state index contributed by atoms with van der Waals surface area (Å²) in [4.78, 5) is 22.5. The third-order valence-corrected chi connectivity index (χ3v) is 2.97. The predicted octanol–water partition coefficient (Wildman–Crippen LogP) is 2.93. The van der Waals surface area contributed by atoms with Crippen molar-refractivity contribution in [2.24, 2.45) is 0 Å². The van der Waals surface area contributed by atoms with Crippen LogP contribution in [0.2, 0.25) is 5.02 Å². The Bertz CT molecular complexity index is 678. The van der Waals surface area contributed by atoms with Crippen LogP contribution in [-0.2, 0) is 4.74 Å². The number of hydrogen-bond donors (Lipinski definition) is 1. The minimum atomic E-state index is -0.600. The fraction of sp³-hybridized carbons (Fsp3) is 0.167. The lowest BCUT2D eigenvalue weighted by atomic mass is 10.1. The van der Waals surface area contributed by atoms with E-state index in [4.69, 9.17) is 16.0 Å². The number of benzene rings is 1. The number of hydrogen-bond acceptors (Lipinski definition) is 4. The van der Waals surface area contributed by atoms with Crippen molar-refractivity contribution in [1.82, 2.24) is 0 Å². The van der Waals surface area contributed by atoms with E-state index in [-0.39, 0.29) is 5.02 Å². The standard InChI is InChI=1S/C12H10ClNO4/c1-6-8-4-3-7(14-12(16)17-2)5-9(8)18-11(15)10(6)13/h3-5H,1-2H3,(H,14,16). The lowest BCUT2D eigenvalue weighted by Crippen LogP contribution is -2.11. The first-order valence-corrected chi connectivity index (χ1v) is 5.48. The summed E-state index contributed by atoms with van der Waals surface area (Å²) in [5.74, 6) is 0. The van der Waals surface area contributed by atoms with Crippen molar-refractivity contribution >= 4 is 34.4 Å². The number of ether oxygens (including phenoxy) is 1. The van der Waals surface area contributed by atoms with Crippen LogP contribution in [0, 0.1) is 6.92 Å². The van der Waals surface area contributed by atoms with E-state index in [1.54, 1.807) is 19.1 Å². The summed E-state index contributed by atoms with van der Waals surface area (Å²) in [7, 11) is 1.26. The van der Waals surface area contributed by atoms with Gasteiger partial charge in [-0.15, -0.1) is 0 Å². The van der Waals surface area contributed by atoms with Crippen LogP contribution >= 0.6 is 11.6 Å². The maximum Gasteiger partial charge on any atom is 0.411 e. The molecule has 0 saturated heterocycles. The lowest BCUT2D eigenvalue weighted by molar-refractivity contribution is 0.187. The van der Waals surface area contributed by atoms with Gasteiger partial charge in [0, 0.05) is 17.1 Å². The Kier molecular flexibility index (Phi) is 3.25. The zero-order valence-electron chi connectivity index (χ0n) is 9.74. The van der Waals surface area contributed by atoms with Gasteiger partial charge in [-0.05, 0) is 24.6 Å². The summed E-state index contributed by atoms with van der Waals surface area (Å²) >= 11 is 5.81. The number of methoxy groups -OCH3 is 1. The molecule has 0 aliphatic heterocycles. The molecule has 1 aromatic heterocycles. The molecule has 0 aliphatic rings. The molecule has 0 spiro atoms. The van der Waals surface area contributed by atoms with Gasteiger partial charge in [-0.2, -0.15) is 0 Å². The molecule has 0 aliphatic carbocycles. The van der Waals surface area contributed by atoms with Crippen LogP contribution in [0.15, 0.2) is 27.4 Å². The van der Waals surface area contributed by atoms with Crippen molar-refractivity contribution in [2.75, 3.05) is 12.4 Å². The molecule has 0 unspecified atom stereocenters. The molecule has 1 N–H and O–H groups in total. The highest BCUT2D eigenvalue weighted by Gasteiger charge is 2.10. The minimum absolute atomic E-state index is 0.0659. The average Bonchev–Trinajstić information content (AvgIpc) is 2.35. The number of aryl methyl sites for hydroxylation is 1. The molecule has 0 radical (unpaired) electrons. The number of amides is 1. The van der Waals surface area contributed by atoms with Crippen molar-refractivity contribution in [2.45, 2.75) is 6.92 Å². The molecule has 0 fully saturated rings. The Morgan fingerprint density at radius 1 is 1.44 bits per heavy atom. The first-order valence-electron chi connectivity index (χ1n) is 5.11. The molecule has 6 heteroatoms. The quantitative estimate of drug-likeness (QED) is 0.807. The van der Waals surface area contributed by atoms with E-state index in [2.05, 4.69) is 10.1 Å². The summed E-state index contributed by atoms with van der Waals surface area (Å²) in [6.07, 6.45) is -0.595. The smallest absolute Gasteiger partial charge is 0.411 e. The molecule has 5 nitrogen and oxygen atoms in total. The number of halogens is 1. The van der Waals surface area contributed by atoms with Gasteiger partial charge < -0.3 is 9.15 Å². The molecule has 2 aromatic rings. The van der Waals surface area contributed by atoms with Crippen molar-refractivity contribution in [3.05, 3.63) is 39.2 Å². The Balaban J connectivity index is 2.56. The summed E-state index contributed by atoms with van der Waals surface area (Å²) in [6, 6.07) is 4.92. The first-order chi connectivity index (χ1) is 8.52. The summed E-state index contributed by atoms with van der Waals surface area (Å²) in [5.41, 5.74) is 0.874. The molecular formula is C12H10ClNO4. The number of anilines is 1. The van der Waals surface area contributed by atoms with E-state index < -0.39 is 11.7 Å². The zero-order valence-corrected chi connectivity index (χ0v) is 10.5. The van der Waals surface area contributed by atoms with Gasteiger partial charge in [-0.3, -0.25) is 5.32 Å². The summed E-state index contributed by atoms with van der Waals surface area (Å²) in [5, 5.41) is 3.26. The molecule has 0 atom stereocenters. The van der Waals surface area contributed by atoms with Gasteiger partial charge in [0.15, 0.2) is 0 Å². The number of carbonyl (C=O) groups excluding carboxylic acids is 1. The third kappa shape index (κ3) is 2.17. The SMILES string of the molecule is COC(=O)Nc1ccc2c(C)c(Cl)c(=O)oc2c1. The van der Waals surface area contributed by atoms with E-state index in [0.717, 1.165) is 5.39 Å². The van der Waals surface area contributed by atoms with Crippen LogP contribution < -0.4 is 10.9 Å². The molecule has 18 heavy (non-hydrogen) atoms. The van der Waals surface area contributed by atoms with E-state index >= 15 is 0 Å². The fourth-order valence-electron chi connectivity index (χ4n) is 1.58. The Morgan fingerprint density at radius 3 is 2.83 bits per heavy atom. The monoisotopic (exact) mass is 267 g/mol. The van der Waals surface area contributed by atoms with Gasteiger partial charge in [0.2, 0.25) is 0 Å². The molecule has 0 bridgehead atoms. The highest BCUT2D eigenvalue weighted by Crippen LogP contribution is 2.24. The minimum Gasteiger partial charge on any atom is -0.453 e. The number of fused-ring (bicyclic) bond motifs is 1. The van der Waals surface area contributed by atoms with Crippen LogP contribution in [0.1, 0.15) is 5.56 Å². The van der Waals surface area contributed by atoms with Gasteiger partial charge in [-0.1, -0.05) is 11.6 Å². The van der Waals surface area contributed by atoms with Crippen LogP contribution in [0.5, 0.6) is 0 Å². The van der Waals surface area contributed by atoms with Crippen molar-refractivity contribution in [3.63, 3.8) is 0 Å². The second-order valence-corrected chi connectivity index (χ2v) is 4.03. The molecule has 2 rings (SSSR count). The van der Waals surface area contributed by atoms with Crippen molar-refractivity contribution < 1.29 is 13.9 Å². The van der Waals surface area contributed by atoms with Crippen LogP contribution in [0.4, 0.5) is 10.5 Å². The molecule has 1 amide bonds. The molecule has 0 saturated carbocycles. The predicted molar refractivity (Wildman–Crippen MR) is 68.3 cm³/mol. The zero-order chi connectivity index (χ0) is 13.3. The van der Waals surface area contributed by atoms with Gasteiger partial charge in [0.25, 0.3) is 0 Å². The van der Waals surface area contributed by atoms with E-state index in [9.17, 15) is 9.59 Å². The number of rotatable bonds is 1. The van der Waals surface area contributed by atoms with Gasteiger partial charge in [-0.25, -0.2) is 9.59 Å². The maximum atomic E-state index is 11.4. The van der Waals surface area contributed by atoms with Crippen LogP contribution in [-0.4, -0.2) is 13.2 Å². The van der Waals surface area contributed by atoms with Gasteiger partial charge in [0.05, 0.1) is 7.11 Å². The molecule has 94 valence electrons. The maximum absolute atomic E-state index is 11.4. The summed E-state index contributed by atoms with van der Waals surface area (Å²) in [6.45, 7) is 1.73. The number of nitrogens with one attached hydrogen (secondary N) is 1. The second-order valence-electron chi connectivity index (χ2n) is 3.66. The van der Waals surface area contributed by atoms with Gasteiger partial charge >= 0.3 is 11.7 Å². The fourth-order valence-corrected chi connectivity index (χ4v) is 1.72.